The van der Waals surface area contributed by atoms with E-state index in [1.807, 2.05) is 6.92 Å². The van der Waals surface area contributed by atoms with Crippen LogP contribution >= 0.6 is 23.2 Å². The van der Waals surface area contributed by atoms with Crippen LogP contribution in [0.1, 0.15) is 56.8 Å². The van der Waals surface area contributed by atoms with Crippen molar-refractivity contribution in [3.63, 3.8) is 0 Å². The fourth-order valence-electron chi connectivity index (χ4n) is 2.16. The van der Waals surface area contributed by atoms with Gasteiger partial charge in [-0.2, -0.15) is 0 Å². The van der Waals surface area contributed by atoms with Gasteiger partial charge >= 0.3 is 0 Å². The normalized spacial score (nSPS) is 13.3. The van der Waals surface area contributed by atoms with E-state index in [1.54, 1.807) is 25.1 Å². The largest absolute Gasteiger partial charge is 0.352 e. The number of hydrogen-bond donors (Lipinski definition) is 2. The molecule has 2 amide bonds. The van der Waals surface area contributed by atoms with Gasteiger partial charge in [-0.05, 0) is 32.4 Å². The Bertz CT molecular complexity index is 549. The van der Waals surface area contributed by atoms with E-state index in [0.717, 1.165) is 25.7 Å². The first-order valence-corrected chi connectivity index (χ1v) is 8.67. The average molecular weight is 359 g/mol. The van der Waals surface area contributed by atoms with E-state index >= 15 is 0 Å². The Morgan fingerprint density at radius 2 is 1.83 bits per heavy atom. The quantitative estimate of drug-likeness (QED) is 0.684. The van der Waals surface area contributed by atoms with Gasteiger partial charge in [0.25, 0.3) is 5.91 Å². The molecule has 0 heterocycles. The van der Waals surface area contributed by atoms with Crippen LogP contribution in [0.5, 0.6) is 0 Å². The van der Waals surface area contributed by atoms with Gasteiger partial charge in [-0.3, -0.25) is 9.59 Å². The molecule has 23 heavy (non-hydrogen) atoms. The molecule has 0 saturated heterocycles. The van der Waals surface area contributed by atoms with Gasteiger partial charge in [0.1, 0.15) is 6.04 Å². The third-order valence-electron chi connectivity index (χ3n) is 3.57. The zero-order valence-corrected chi connectivity index (χ0v) is 15.3. The van der Waals surface area contributed by atoms with Crippen LogP contribution in [0.2, 0.25) is 10.0 Å². The minimum atomic E-state index is -0.647. The smallest absolute Gasteiger partial charge is 0.253 e. The van der Waals surface area contributed by atoms with Crippen molar-refractivity contribution in [2.75, 3.05) is 0 Å². The molecule has 0 aliphatic rings. The molecule has 0 radical (unpaired) electrons. The molecule has 4 nitrogen and oxygen atoms in total. The maximum absolute atomic E-state index is 12.2. The Morgan fingerprint density at radius 3 is 2.48 bits per heavy atom. The average Bonchev–Trinajstić information content (AvgIpc) is 2.50. The van der Waals surface area contributed by atoms with E-state index in [1.165, 1.54) is 0 Å². The molecule has 1 aromatic rings. The first-order chi connectivity index (χ1) is 10.9. The number of hydrogen-bond acceptors (Lipinski definition) is 2. The van der Waals surface area contributed by atoms with Crippen molar-refractivity contribution < 1.29 is 9.59 Å². The molecule has 0 aliphatic carbocycles. The van der Waals surface area contributed by atoms with E-state index in [0.29, 0.717) is 5.02 Å². The first-order valence-electron chi connectivity index (χ1n) is 7.92. The molecular weight excluding hydrogens is 335 g/mol. The van der Waals surface area contributed by atoms with E-state index in [9.17, 15) is 9.59 Å². The van der Waals surface area contributed by atoms with Crippen LogP contribution in [0.25, 0.3) is 0 Å². The standard InChI is InChI=1S/C17H24Cl2N2O2/c1-4-5-6-8-11(2)20-16(22)12(3)21-17(23)13-9-7-10-14(18)15(13)19/h7,9-12H,4-6,8H2,1-3H3,(H,20,22)(H,21,23). The van der Waals surface area contributed by atoms with Crippen molar-refractivity contribution in [2.24, 2.45) is 0 Å². The number of nitrogens with one attached hydrogen (secondary N) is 2. The highest BCUT2D eigenvalue weighted by molar-refractivity contribution is 6.43. The van der Waals surface area contributed by atoms with E-state index < -0.39 is 11.9 Å². The SMILES string of the molecule is CCCCCC(C)NC(=O)C(C)NC(=O)c1cccc(Cl)c1Cl. The van der Waals surface area contributed by atoms with Crippen LogP contribution in [-0.2, 0) is 4.79 Å². The highest BCUT2D eigenvalue weighted by atomic mass is 35.5. The van der Waals surface area contributed by atoms with Crippen LogP contribution in [0.4, 0.5) is 0 Å². The van der Waals surface area contributed by atoms with E-state index in [2.05, 4.69) is 17.6 Å². The van der Waals surface area contributed by atoms with Crippen LogP contribution in [0, 0.1) is 0 Å². The monoisotopic (exact) mass is 358 g/mol. The Kier molecular flexibility index (Phi) is 8.42. The van der Waals surface area contributed by atoms with Gasteiger partial charge in [0.05, 0.1) is 15.6 Å². The lowest BCUT2D eigenvalue weighted by molar-refractivity contribution is -0.123. The third-order valence-corrected chi connectivity index (χ3v) is 4.39. The van der Waals surface area contributed by atoms with Crippen LogP contribution < -0.4 is 10.6 Å². The number of carbonyl (C=O) groups excluding carboxylic acids is 2. The van der Waals surface area contributed by atoms with Crippen LogP contribution in [0.3, 0.4) is 0 Å². The van der Waals surface area contributed by atoms with Crippen molar-refractivity contribution in [3.8, 4) is 0 Å². The summed E-state index contributed by atoms with van der Waals surface area (Å²) in [6, 6.07) is 4.26. The Labute approximate surface area is 147 Å². The number of halogens is 2. The second-order valence-electron chi connectivity index (χ2n) is 5.70. The molecule has 0 spiro atoms. The van der Waals surface area contributed by atoms with Gasteiger partial charge in [-0.25, -0.2) is 0 Å². The van der Waals surface area contributed by atoms with Crippen molar-refractivity contribution in [1.82, 2.24) is 10.6 Å². The Morgan fingerprint density at radius 1 is 1.13 bits per heavy atom. The summed E-state index contributed by atoms with van der Waals surface area (Å²) in [6.07, 6.45) is 4.31. The summed E-state index contributed by atoms with van der Waals surface area (Å²) < 4.78 is 0. The van der Waals surface area contributed by atoms with Gasteiger partial charge in [0, 0.05) is 6.04 Å². The predicted molar refractivity (Wildman–Crippen MR) is 95.1 cm³/mol. The molecule has 2 N–H and O–H groups in total. The molecule has 0 aliphatic heterocycles. The van der Waals surface area contributed by atoms with Gasteiger partial charge in [0.2, 0.25) is 5.91 Å². The van der Waals surface area contributed by atoms with Crippen molar-refractivity contribution in [1.29, 1.82) is 0 Å². The summed E-state index contributed by atoms with van der Waals surface area (Å²) >= 11 is 11.9. The molecule has 0 saturated carbocycles. The van der Waals surface area contributed by atoms with Crippen molar-refractivity contribution >= 4 is 35.0 Å². The van der Waals surface area contributed by atoms with Crippen LogP contribution in [-0.4, -0.2) is 23.9 Å². The summed E-state index contributed by atoms with van der Waals surface area (Å²) in [5.41, 5.74) is 0.259. The van der Waals surface area contributed by atoms with E-state index in [4.69, 9.17) is 23.2 Å². The Balaban J connectivity index is 2.54. The molecule has 128 valence electrons. The minimum absolute atomic E-state index is 0.0863. The third kappa shape index (κ3) is 6.40. The second-order valence-corrected chi connectivity index (χ2v) is 6.49. The van der Waals surface area contributed by atoms with Gasteiger partial charge < -0.3 is 10.6 Å². The molecule has 1 rings (SSSR count). The minimum Gasteiger partial charge on any atom is -0.352 e. The molecule has 2 atom stereocenters. The molecule has 1 aromatic carbocycles. The second kappa shape index (κ2) is 9.78. The van der Waals surface area contributed by atoms with Gasteiger partial charge in [-0.15, -0.1) is 0 Å². The fourth-order valence-corrected chi connectivity index (χ4v) is 2.55. The predicted octanol–water partition coefficient (Wildman–Crippen LogP) is 4.20. The molecular formula is C17H24Cl2N2O2. The van der Waals surface area contributed by atoms with Gasteiger partial charge in [0.15, 0.2) is 0 Å². The first kappa shape index (κ1) is 19.8. The van der Waals surface area contributed by atoms with Gasteiger partial charge in [-0.1, -0.05) is 55.5 Å². The number of benzene rings is 1. The van der Waals surface area contributed by atoms with Crippen LogP contribution in [0.15, 0.2) is 18.2 Å². The zero-order chi connectivity index (χ0) is 17.4. The fraction of sp³-hybridized carbons (Fsp3) is 0.529. The Hall–Kier alpha value is -1.26. The molecule has 6 heteroatoms. The topological polar surface area (TPSA) is 58.2 Å². The number of unbranched alkanes of at least 4 members (excludes halogenated alkanes) is 2. The number of rotatable bonds is 8. The van der Waals surface area contributed by atoms with E-state index in [-0.39, 0.29) is 22.5 Å². The maximum Gasteiger partial charge on any atom is 0.253 e. The molecule has 2 unspecified atom stereocenters. The molecule has 0 fully saturated rings. The number of amides is 2. The molecule has 0 aromatic heterocycles. The lowest BCUT2D eigenvalue weighted by Crippen LogP contribution is -2.47. The zero-order valence-electron chi connectivity index (χ0n) is 13.8. The summed E-state index contributed by atoms with van der Waals surface area (Å²) in [6.45, 7) is 5.75. The highest BCUT2D eigenvalue weighted by Crippen LogP contribution is 2.25. The number of carbonyl (C=O) groups is 2. The summed E-state index contributed by atoms with van der Waals surface area (Å²) in [5, 5.41) is 6.04. The highest BCUT2D eigenvalue weighted by Gasteiger charge is 2.20. The molecule has 0 bridgehead atoms. The van der Waals surface area contributed by atoms with Crippen molar-refractivity contribution in [3.05, 3.63) is 33.8 Å². The van der Waals surface area contributed by atoms with Crippen molar-refractivity contribution in [2.45, 2.75) is 58.5 Å². The summed E-state index contributed by atoms with van der Waals surface area (Å²) in [5.74, 6) is -0.626. The maximum atomic E-state index is 12.2. The summed E-state index contributed by atoms with van der Waals surface area (Å²) in [7, 11) is 0. The lowest BCUT2D eigenvalue weighted by atomic mass is 10.1. The lowest BCUT2D eigenvalue weighted by Gasteiger charge is -2.19. The summed E-state index contributed by atoms with van der Waals surface area (Å²) in [4.78, 5) is 24.3.